The van der Waals surface area contributed by atoms with Gasteiger partial charge in [-0.15, -0.1) is 0 Å². The Bertz CT molecular complexity index is 210. The topological polar surface area (TPSA) is 49.3 Å². The van der Waals surface area contributed by atoms with E-state index in [0.717, 1.165) is 0 Å². The molecule has 2 N–H and O–H groups in total. The summed E-state index contributed by atoms with van der Waals surface area (Å²) in [4.78, 5) is 11.8. The van der Waals surface area contributed by atoms with E-state index in [0.29, 0.717) is 18.3 Å². The smallest absolute Gasteiger partial charge is 0.220 e. The van der Waals surface area contributed by atoms with Crippen LogP contribution in [0.1, 0.15) is 52.4 Å². The minimum absolute atomic E-state index is 0.0358. The van der Waals surface area contributed by atoms with Gasteiger partial charge >= 0.3 is 0 Å². The first-order chi connectivity index (χ1) is 7.63. The Kier molecular flexibility index (Phi) is 5.81. The molecule has 0 aromatic carbocycles. The molecule has 0 aromatic rings. The molecule has 0 bridgehead atoms. The molecule has 1 rings (SSSR count). The second-order valence-electron chi connectivity index (χ2n) is 5.31. The second-order valence-corrected chi connectivity index (χ2v) is 5.31. The van der Waals surface area contributed by atoms with Crippen LogP contribution in [0.25, 0.3) is 0 Å². The SMILES string of the molecule is CC(C)C(CO)NC(=O)CC1CCCCC1. The summed E-state index contributed by atoms with van der Waals surface area (Å²) in [5.41, 5.74) is 0. The summed E-state index contributed by atoms with van der Waals surface area (Å²) in [6, 6.07) is -0.0870. The first-order valence-electron chi connectivity index (χ1n) is 6.53. The summed E-state index contributed by atoms with van der Waals surface area (Å²) >= 11 is 0. The molecule has 1 saturated carbocycles. The number of amides is 1. The number of hydrogen-bond acceptors (Lipinski definition) is 2. The zero-order valence-corrected chi connectivity index (χ0v) is 10.5. The molecule has 94 valence electrons. The Morgan fingerprint density at radius 3 is 2.44 bits per heavy atom. The van der Waals surface area contributed by atoms with Crippen molar-refractivity contribution in [1.82, 2.24) is 5.32 Å². The zero-order chi connectivity index (χ0) is 12.0. The molecule has 0 saturated heterocycles. The predicted molar refractivity (Wildman–Crippen MR) is 65.0 cm³/mol. The van der Waals surface area contributed by atoms with E-state index in [1.165, 1.54) is 32.1 Å². The first-order valence-corrected chi connectivity index (χ1v) is 6.53. The molecule has 1 aliphatic rings. The van der Waals surface area contributed by atoms with Crippen LogP contribution in [0, 0.1) is 11.8 Å². The number of carbonyl (C=O) groups excluding carboxylic acids is 1. The molecule has 16 heavy (non-hydrogen) atoms. The van der Waals surface area contributed by atoms with E-state index < -0.39 is 0 Å². The molecule has 0 spiro atoms. The Morgan fingerprint density at radius 1 is 1.31 bits per heavy atom. The monoisotopic (exact) mass is 227 g/mol. The quantitative estimate of drug-likeness (QED) is 0.755. The lowest BCUT2D eigenvalue weighted by molar-refractivity contribution is -0.123. The lowest BCUT2D eigenvalue weighted by Gasteiger charge is -2.24. The maximum Gasteiger partial charge on any atom is 0.220 e. The maximum atomic E-state index is 11.8. The molecule has 1 aliphatic carbocycles. The van der Waals surface area contributed by atoms with Gasteiger partial charge in [0.25, 0.3) is 0 Å². The standard InChI is InChI=1S/C13H25NO2/c1-10(2)12(9-15)14-13(16)8-11-6-4-3-5-7-11/h10-12,15H,3-9H2,1-2H3,(H,14,16). The maximum absolute atomic E-state index is 11.8. The molecular formula is C13H25NO2. The molecule has 0 aromatic heterocycles. The summed E-state index contributed by atoms with van der Waals surface area (Å²) in [5.74, 6) is 0.972. The predicted octanol–water partition coefficient (Wildman–Crippen LogP) is 2.09. The fourth-order valence-electron chi connectivity index (χ4n) is 2.34. The van der Waals surface area contributed by atoms with Gasteiger partial charge in [0.15, 0.2) is 0 Å². The van der Waals surface area contributed by atoms with Crippen molar-refractivity contribution >= 4 is 5.91 Å². The average molecular weight is 227 g/mol. The van der Waals surface area contributed by atoms with Gasteiger partial charge in [0, 0.05) is 6.42 Å². The summed E-state index contributed by atoms with van der Waals surface area (Å²) < 4.78 is 0. The van der Waals surface area contributed by atoms with Crippen LogP contribution in [0.2, 0.25) is 0 Å². The largest absolute Gasteiger partial charge is 0.394 e. The van der Waals surface area contributed by atoms with Crippen LogP contribution < -0.4 is 5.32 Å². The van der Waals surface area contributed by atoms with E-state index in [1.54, 1.807) is 0 Å². The highest BCUT2D eigenvalue weighted by Crippen LogP contribution is 2.26. The molecule has 1 atom stereocenters. The van der Waals surface area contributed by atoms with E-state index >= 15 is 0 Å². The molecule has 3 heteroatoms. The molecule has 1 unspecified atom stereocenters. The summed E-state index contributed by atoms with van der Waals surface area (Å²) in [7, 11) is 0. The average Bonchev–Trinajstić information content (AvgIpc) is 2.27. The van der Waals surface area contributed by atoms with Gasteiger partial charge in [-0.1, -0.05) is 33.1 Å². The van der Waals surface area contributed by atoms with Gasteiger partial charge in [-0.25, -0.2) is 0 Å². The number of carbonyl (C=O) groups is 1. The number of rotatable bonds is 5. The van der Waals surface area contributed by atoms with Crippen molar-refractivity contribution in [1.29, 1.82) is 0 Å². The lowest BCUT2D eigenvalue weighted by atomic mass is 9.86. The van der Waals surface area contributed by atoms with Gasteiger partial charge in [0.2, 0.25) is 5.91 Å². The second kappa shape index (κ2) is 6.89. The van der Waals surface area contributed by atoms with Crippen LogP contribution in [0.4, 0.5) is 0 Å². The summed E-state index contributed by atoms with van der Waals surface area (Å²) in [5, 5.41) is 12.1. The van der Waals surface area contributed by atoms with E-state index in [9.17, 15) is 4.79 Å². The number of hydrogen-bond donors (Lipinski definition) is 2. The van der Waals surface area contributed by atoms with Gasteiger partial charge in [0.1, 0.15) is 0 Å². The fourth-order valence-corrected chi connectivity index (χ4v) is 2.34. The zero-order valence-electron chi connectivity index (χ0n) is 10.5. The molecular weight excluding hydrogens is 202 g/mol. The highest BCUT2D eigenvalue weighted by Gasteiger charge is 2.20. The first kappa shape index (κ1) is 13.5. The Morgan fingerprint density at radius 2 is 1.94 bits per heavy atom. The molecule has 1 fully saturated rings. The highest BCUT2D eigenvalue weighted by atomic mass is 16.3. The van der Waals surface area contributed by atoms with E-state index in [4.69, 9.17) is 5.11 Å². The Hall–Kier alpha value is -0.570. The van der Waals surface area contributed by atoms with Crippen molar-refractivity contribution < 1.29 is 9.90 Å². The number of aliphatic hydroxyl groups is 1. The Balaban J connectivity index is 2.28. The van der Waals surface area contributed by atoms with Gasteiger partial charge in [-0.2, -0.15) is 0 Å². The van der Waals surface area contributed by atoms with Gasteiger partial charge in [0.05, 0.1) is 12.6 Å². The number of aliphatic hydroxyl groups excluding tert-OH is 1. The van der Waals surface area contributed by atoms with Crippen molar-refractivity contribution in [2.75, 3.05) is 6.61 Å². The van der Waals surface area contributed by atoms with Crippen LogP contribution in [-0.2, 0) is 4.79 Å². The van der Waals surface area contributed by atoms with Gasteiger partial charge < -0.3 is 10.4 Å². The normalized spacial score (nSPS) is 19.8. The van der Waals surface area contributed by atoms with Crippen LogP contribution in [0.5, 0.6) is 0 Å². The van der Waals surface area contributed by atoms with Gasteiger partial charge in [-0.05, 0) is 24.7 Å². The van der Waals surface area contributed by atoms with Crippen LogP contribution >= 0.6 is 0 Å². The summed E-state index contributed by atoms with van der Waals surface area (Å²) in [6.45, 7) is 4.07. The molecule has 0 aliphatic heterocycles. The Labute approximate surface area is 98.6 Å². The third kappa shape index (κ3) is 4.52. The van der Waals surface area contributed by atoms with Crippen molar-refractivity contribution in [2.24, 2.45) is 11.8 Å². The van der Waals surface area contributed by atoms with Gasteiger partial charge in [-0.3, -0.25) is 4.79 Å². The van der Waals surface area contributed by atoms with Crippen LogP contribution in [-0.4, -0.2) is 23.7 Å². The van der Waals surface area contributed by atoms with Crippen molar-refractivity contribution in [3.63, 3.8) is 0 Å². The minimum Gasteiger partial charge on any atom is -0.394 e. The van der Waals surface area contributed by atoms with E-state index in [-0.39, 0.29) is 18.6 Å². The third-order valence-electron chi connectivity index (χ3n) is 3.55. The molecule has 1 amide bonds. The molecule has 0 radical (unpaired) electrons. The van der Waals surface area contributed by atoms with Crippen LogP contribution in [0.3, 0.4) is 0 Å². The van der Waals surface area contributed by atoms with E-state index in [1.807, 2.05) is 13.8 Å². The molecule has 3 nitrogen and oxygen atoms in total. The fraction of sp³-hybridized carbons (Fsp3) is 0.923. The van der Waals surface area contributed by atoms with Crippen molar-refractivity contribution in [3.05, 3.63) is 0 Å². The number of nitrogens with one attached hydrogen (secondary N) is 1. The van der Waals surface area contributed by atoms with E-state index in [2.05, 4.69) is 5.32 Å². The highest BCUT2D eigenvalue weighted by molar-refractivity contribution is 5.76. The van der Waals surface area contributed by atoms with Crippen molar-refractivity contribution in [3.8, 4) is 0 Å². The van der Waals surface area contributed by atoms with Crippen molar-refractivity contribution in [2.45, 2.75) is 58.4 Å². The third-order valence-corrected chi connectivity index (χ3v) is 3.55. The minimum atomic E-state index is -0.0870. The molecule has 0 heterocycles. The summed E-state index contributed by atoms with van der Waals surface area (Å²) in [6.07, 6.45) is 6.89. The van der Waals surface area contributed by atoms with Crippen LogP contribution in [0.15, 0.2) is 0 Å². The lowest BCUT2D eigenvalue weighted by Crippen LogP contribution is -2.41.